The lowest BCUT2D eigenvalue weighted by Crippen LogP contribution is -2.44. The first-order valence-corrected chi connectivity index (χ1v) is 21.4. The molecular formula is C42H89Cl2N3O. The van der Waals surface area contributed by atoms with Gasteiger partial charge < -0.3 is 16.4 Å². The van der Waals surface area contributed by atoms with Gasteiger partial charge in [-0.15, -0.1) is 24.8 Å². The molecule has 0 radical (unpaired) electrons. The summed E-state index contributed by atoms with van der Waals surface area (Å²) < 4.78 is 0. The van der Waals surface area contributed by atoms with E-state index < -0.39 is 0 Å². The number of halogens is 2. The fourth-order valence-corrected chi connectivity index (χ4v) is 6.90. The fraction of sp³-hybridized carbons (Fsp3) is 0.976. The van der Waals surface area contributed by atoms with Gasteiger partial charge in [-0.2, -0.15) is 0 Å². The predicted molar refractivity (Wildman–Crippen MR) is 221 cm³/mol. The number of hydrogen-bond donors (Lipinski definition) is 2. The number of nitrogens with two attached hydrogens (primary N) is 2. The van der Waals surface area contributed by atoms with Gasteiger partial charge in [0.25, 0.3) is 0 Å². The number of amides is 1. The van der Waals surface area contributed by atoms with Crippen LogP contribution in [0.1, 0.15) is 239 Å². The average Bonchev–Trinajstić information content (AvgIpc) is 3.06. The first kappa shape index (κ1) is 52.3. The normalized spacial score (nSPS) is 11.7. The summed E-state index contributed by atoms with van der Waals surface area (Å²) in [5.74, 6) is 0.180. The molecule has 0 heterocycles. The summed E-state index contributed by atoms with van der Waals surface area (Å²) in [6.45, 7) is 7.05. The average molecular weight is 723 g/mol. The highest BCUT2D eigenvalue weighted by molar-refractivity contribution is 5.85. The van der Waals surface area contributed by atoms with Gasteiger partial charge in [-0.05, 0) is 32.2 Å². The van der Waals surface area contributed by atoms with E-state index in [9.17, 15) is 4.79 Å². The summed E-state index contributed by atoms with van der Waals surface area (Å²) in [6.07, 6.45) is 46.8. The quantitative estimate of drug-likeness (QED) is 0.0621. The molecule has 0 aliphatic carbocycles. The standard InChI is InChI=1S/C42H87N3O.2ClH/c1-3-5-7-9-11-13-15-17-19-21-23-25-27-29-31-35-39-45(42(46)41(44)37-33-34-38-43)40-36-32-30-28-26-24-22-20-18-16-14-12-10-8-6-4-2;;/h41H,3-40,43-44H2,1-2H3;2*1H. The predicted octanol–water partition coefficient (Wildman–Crippen LogP) is 13.6. The molecule has 0 aromatic rings. The van der Waals surface area contributed by atoms with Gasteiger partial charge in [-0.25, -0.2) is 0 Å². The van der Waals surface area contributed by atoms with E-state index in [1.165, 1.54) is 193 Å². The molecule has 48 heavy (non-hydrogen) atoms. The Morgan fingerprint density at radius 1 is 0.417 bits per heavy atom. The third-order valence-corrected chi connectivity index (χ3v) is 10.2. The number of carbonyl (C=O) groups excluding carboxylic acids is 1. The number of nitrogens with zero attached hydrogens (tertiary/aromatic N) is 1. The molecule has 0 saturated heterocycles. The summed E-state index contributed by atoms with van der Waals surface area (Å²) in [4.78, 5) is 15.3. The minimum absolute atomic E-state index is 0. The Morgan fingerprint density at radius 2 is 0.667 bits per heavy atom. The molecule has 1 amide bonds. The van der Waals surface area contributed by atoms with E-state index in [-0.39, 0.29) is 36.8 Å². The van der Waals surface area contributed by atoms with E-state index >= 15 is 0 Å². The molecule has 0 aliphatic rings. The van der Waals surface area contributed by atoms with Gasteiger partial charge in [0.15, 0.2) is 0 Å². The molecule has 1 atom stereocenters. The van der Waals surface area contributed by atoms with Gasteiger partial charge in [0.2, 0.25) is 5.91 Å². The highest BCUT2D eigenvalue weighted by Crippen LogP contribution is 2.16. The fourth-order valence-electron chi connectivity index (χ4n) is 6.90. The van der Waals surface area contributed by atoms with E-state index in [2.05, 4.69) is 18.7 Å². The summed E-state index contributed by atoms with van der Waals surface area (Å²) in [5, 5.41) is 0. The Hall–Kier alpha value is -0.0300. The highest BCUT2D eigenvalue weighted by Gasteiger charge is 2.20. The van der Waals surface area contributed by atoms with E-state index in [0.717, 1.165) is 45.2 Å². The van der Waals surface area contributed by atoms with Crippen LogP contribution in [-0.2, 0) is 4.79 Å². The van der Waals surface area contributed by atoms with Crippen LogP contribution in [0.3, 0.4) is 0 Å². The topological polar surface area (TPSA) is 72.3 Å². The number of rotatable bonds is 39. The molecule has 6 heteroatoms. The van der Waals surface area contributed by atoms with Crippen LogP contribution in [0.2, 0.25) is 0 Å². The number of unbranched alkanes of at least 4 members (excludes halogenated alkanes) is 31. The van der Waals surface area contributed by atoms with Crippen molar-refractivity contribution in [2.75, 3.05) is 19.6 Å². The molecule has 4 N–H and O–H groups in total. The van der Waals surface area contributed by atoms with Gasteiger partial charge in [0, 0.05) is 13.1 Å². The van der Waals surface area contributed by atoms with Crippen molar-refractivity contribution in [3.8, 4) is 0 Å². The van der Waals surface area contributed by atoms with Crippen molar-refractivity contribution in [3.05, 3.63) is 0 Å². The zero-order valence-corrected chi connectivity index (χ0v) is 34.4. The van der Waals surface area contributed by atoms with Crippen molar-refractivity contribution in [2.45, 2.75) is 245 Å². The maximum absolute atomic E-state index is 13.2. The van der Waals surface area contributed by atoms with Crippen LogP contribution in [0.5, 0.6) is 0 Å². The van der Waals surface area contributed by atoms with Crippen molar-refractivity contribution >= 4 is 30.7 Å². The monoisotopic (exact) mass is 722 g/mol. The largest absolute Gasteiger partial charge is 0.341 e. The Labute approximate surface area is 315 Å². The van der Waals surface area contributed by atoms with Crippen LogP contribution in [-0.4, -0.2) is 36.5 Å². The van der Waals surface area contributed by atoms with Crippen LogP contribution in [0.15, 0.2) is 0 Å². The van der Waals surface area contributed by atoms with E-state index in [0.29, 0.717) is 6.54 Å². The molecule has 0 rings (SSSR count). The highest BCUT2D eigenvalue weighted by atomic mass is 35.5. The molecule has 0 saturated carbocycles. The first-order valence-electron chi connectivity index (χ1n) is 21.4. The molecule has 0 aliphatic heterocycles. The maximum atomic E-state index is 13.2. The third kappa shape index (κ3) is 38.8. The lowest BCUT2D eigenvalue weighted by Gasteiger charge is -2.26. The first-order chi connectivity index (χ1) is 22.7. The summed E-state index contributed by atoms with van der Waals surface area (Å²) in [5.41, 5.74) is 12.0. The lowest BCUT2D eigenvalue weighted by molar-refractivity contribution is -0.133. The third-order valence-electron chi connectivity index (χ3n) is 10.2. The van der Waals surface area contributed by atoms with Crippen molar-refractivity contribution in [1.29, 1.82) is 0 Å². The van der Waals surface area contributed by atoms with E-state index in [1.54, 1.807) is 0 Å². The summed E-state index contributed by atoms with van der Waals surface area (Å²) in [6, 6.07) is -0.353. The molecule has 292 valence electrons. The summed E-state index contributed by atoms with van der Waals surface area (Å²) >= 11 is 0. The second-order valence-corrected chi connectivity index (χ2v) is 14.8. The van der Waals surface area contributed by atoms with Gasteiger partial charge in [0.05, 0.1) is 6.04 Å². The van der Waals surface area contributed by atoms with Crippen LogP contribution in [0.25, 0.3) is 0 Å². The molecule has 4 nitrogen and oxygen atoms in total. The van der Waals surface area contributed by atoms with E-state index in [1.807, 2.05) is 0 Å². The second kappa shape index (κ2) is 45.0. The molecule has 0 aromatic carbocycles. The van der Waals surface area contributed by atoms with Crippen LogP contribution >= 0.6 is 24.8 Å². The smallest absolute Gasteiger partial charge is 0.239 e. The molecule has 1 unspecified atom stereocenters. The molecular weight excluding hydrogens is 633 g/mol. The van der Waals surface area contributed by atoms with Crippen molar-refractivity contribution in [1.82, 2.24) is 4.90 Å². The summed E-state index contributed by atoms with van der Waals surface area (Å²) in [7, 11) is 0. The van der Waals surface area contributed by atoms with Crippen LogP contribution in [0, 0.1) is 0 Å². The number of hydrogen-bond acceptors (Lipinski definition) is 3. The van der Waals surface area contributed by atoms with Crippen molar-refractivity contribution < 1.29 is 4.79 Å². The lowest BCUT2D eigenvalue weighted by atomic mass is 10.0. The number of carbonyl (C=O) groups is 1. The maximum Gasteiger partial charge on any atom is 0.239 e. The minimum Gasteiger partial charge on any atom is -0.341 e. The van der Waals surface area contributed by atoms with Gasteiger partial charge in [0.1, 0.15) is 0 Å². The van der Waals surface area contributed by atoms with Crippen molar-refractivity contribution in [3.63, 3.8) is 0 Å². The minimum atomic E-state index is -0.353. The molecule has 0 aromatic heterocycles. The zero-order chi connectivity index (χ0) is 33.6. The van der Waals surface area contributed by atoms with Gasteiger partial charge in [-0.3, -0.25) is 4.79 Å². The molecule has 0 fully saturated rings. The second-order valence-electron chi connectivity index (χ2n) is 14.8. The molecule has 0 spiro atoms. The van der Waals surface area contributed by atoms with Crippen LogP contribution < -0.4 is 11.5 Å². The van der Waals surface area contributed by atoms with Gasteiger partial charge >= 0.3 is 0 Å². The Morgan fingerprint density at radius 3 is 0.917 bits per heavy atom. The Bertz CT molecular complexity index is 559. The Kier molecular flexibility index (Phi) is 49.1. The van der Waals surface area contributed by atoms with Crippen molar-refractivity contribution in [2.24, 2.45) is 11.5 Å². The van der Waals surface area contributed by atoms with Crippen LogP contribution in [0.4, 0.5) is 0 Å². The molecule has 0 bridgehead atoms. The SMILES string of the molecule is CCCCCCCCCCCCCCCCCCN(CCCCCCCCCCCCCCCCCC)C(=O)C(N)CCCCN.Cl.Cl. The Balaban J connectivity index is -0.0000101. The zero-order valence-electron chi connectivity index (χ0n) is 32.8. The van der Waals surface area contributed by atoms with Gasteiger partial charge in [-0.1, -0.05) is 213 Å². The van der Waals surface area contributed by atoms with E-state index in [4.69, 9.17) is 11.5 Å².